The average Bonchev–Trinajstić information content (AvgIpc) is 3.17. The van der Waals surface area contributed by atoms with Crippen LogP contribution in [0.5, 0.6) is 5.75 Å². The Kier molecular flexibility index (Phi) is 6.53. The summed E-state index contributed by atoms with van der Waals surface area (Å²) < 4.78 is 6.00. The van der Waals surface area contributed by atoms with Crippen molar-refractivity contribution in [2.45, 2.75) is 62.8 Å². The lowest BCUT2D eigenvalue weighted by Gasteiger charge is -2.30. The van der Waals surface area contributed by atoms with E-state index in [0.717, 1.165) is 31.4 Å². The van der Waals surface area contributed by atoms with Gasteiger partial charge in [-0.3, -0.25) is 4.79 Å². The van der Waals surface area contributed by atoms with Crippen molar-refractivity contribution >= 4 is 5.91 Å². The van der Waals surface area contributed by atoms with E-state index in [0.29, 0.717) is 18.4 Å². The normalized spacial score (nSPS) is 26.7. The first-order chi connectivity index (χ1) is 13.6. The van der Waals surface area contributed by atoms with Crippen LogP contribution in [-0.2, 0) is 4.79 Å². The fraction of sp³-hybridized carbons (Fsp3) is 0.500. The zero-order chi connectivity index (χ0) is 19.9. The lowest BCUT2D eigenvalue weighted by atomic mass is 9.93. The summed E-state index contributed by atoms with van der Waals surface area (Å²) in [6.07, 6.45) is 10.7. The van der Waals surface area contributed by atoms with Crippen LogP contribution < -0.4 is 10.1 Å². The first-order valence-corrected chi connectivity index (χ1v) is 9.71. The number of carbonyl (C=O) groups is 1. The smallest absolute Gasteiger partial charge is 0.238 e. The van der Waals surface area contributed by atoms with Crippen LogP contribution in [0.4, 0.5) is 0 Å². The van der Waals surface area contributed by atoms with Crippen molar-refractivity contribution in [3.8, 4) is 30.2 Å². The minimum absolute atomic E-state index is 0.0945. The minimum atomic E-state index is -0.410. The van der Waals surface area contributed by atoms with Crippen molar-refractivity contribution in [1.82, 2.24) is 10.2 Å². The predicted octanol–water partition coefficient (Wildman–Crippen LogP) is 2.35. The molecule has 1 aliphatic heterocycles. The number of ether oxygens (including phenoxy) is 1. The molecule has 2 fully saturated rings. The first-order valence-electron chi connectivity index (χ1n) is 9.71. The summed E-state index contributed by atoms with van der Waals surface area (Å²) in [5, 5.41) is 21.4. The second kappa shape index (κ2) is 9.27. The Morgan fingerprint density at radius 3 is 2.39 bits per heavy atom. The average molecular weight is 376 g/mol. The summed E-state index contributed by atoms with van der Waals surface area (Å²) >= 11 is 0. The van der Waals surface area contributed by atoms with Gasteiger partial charge in [0.2, 0.25) is 5.91 Å². The topological polar surface area (TPSA) is 89.2 Å². The molecule has 1 N–H and O–H groups in total. The quantitative estimate of drug-likeness (QED) is 0.797. The van der Waals surface area contributed by atoms with Crippen LogP contribution >= 0.6 is 0 Å². The molecule has 1 saturated carbocycles. The highest BCUT2D eigenvalue weighted by Gasteiger charge is 2.36. The van der Waals surface area contributed by atoms with Crippen LogP contribution in [0.25, 0.3) is 0 Å². The second-order valence-corrected chi connectivity index (χ2v) is 7.31. The van der Waals surface area contributed by atoms with Gasteiger partial charge in [0.25, 0.3) is 0 Å². The Morgan fingerprint density at radius 1 is 1.11 bits per heavy atom. The summed E-state index contributed by atoms with van der Waals surface area (Å²) in [6, 6.07) is 11.0. The van der Waals surface area contributed by atoms with E-state index < -0.39 is 6.04 Å². The van der Waals surface area contributed by atoms with Crippen LogP contribution in [0, 0.1) is 35.0 Å². The van der Waals surface area contributed by atoms with Crippen molar-refractivity contribution in [3.63, 3.8) is 0 Å². The molecule has 0 radical (unpaired) electrons. The first kappa shape index (κ1) is 19.7. The standard InChI is InChI=1S/C22H24N4O2/c1-2-18-7-8-19(14-24)26(18)22(27)15-25-17-5-11-21(12-6-17)28-20-9-3-16(13-23)4-10-20/h1,3-4,9-10,17-19,21,25H,5-8,11-12,15H2/t17?,18-,19+,21?/m1/s1. The van der Waals surface area contributed by atoms with Gasteiger partial charge in [-0.1, -0.05) is 5.92 Å². The molecule has 2 atom stereocenters. The number of rotatable bonds is 5. The van der Waals surface area contributed by atoms with Gasteiger partial charge in [-0.2, -0.15) is 10.5 Å². The molecule has 1 heterocycles. The fourth-order valence-corrected chi connectivity index (χ4v) is 3.96. The van der Waals surface area contributed by atoms with Crippen LogP contribution in [0.2, 0.25) is 0 Å². The molecule has 1 aliphatic carbocycles. The van der Waals surface area contributed by atoms with Gasteiger partial charge in [-0.25, -0.2) is 0 Å². The maximum atomic E-state index is 12.6. The Labute approximate surface area is 166 Å². The molecule has 144 valence electrons. The number of benzene rings is 1. The largest absolute Gasteiger partial charge is 0.490 e. The number of nitriles is 2. The molecule has 1 aromatic carbocycles. The van der Waals surface area contributed by atoms with Crippen LogP contribution in [-0.4, -0.2) is 41.6 Å². The molecule has 1 amide bonds. The summed E-state index contributed by atoms with van der Waals surface area (Å²) in [6.45, 7) is 0.210. The number of nitrogens with one attached hydrogen (secondary N) is 1. The molecule has 6 heteroatoms. The number of nitrogens with zero attached hydrogens (tertiary/aromatic N) is 3. The fourth-order valence-electron chi connectivity index (χ4n) is 3.96. The lowest BCUT2D eigenvalue weighted by Crippen LogP contribution is -2.47. The van der Waals surface area contributed by atoms with Gasteiger partial charge in [0.05, 0.1) is 36.4 Å². The van der Waals surface area contributed by atoms with E-state index in [-0.39, 0.29) is 30.6 Å². The van der Waals surface area contributed by atoms with Gasteiger partial charge in [0, 0.05) is 6.04 Å². The van der Waals surface area contributed by atoms with E-state index in [1.807, 2.05) is 12.1 Å². The van der Waals surface area contributed by atoms with Gasteiger partial charge >= 0.3 is 0 Å². The minimum Gasteiger partial charge on any atom is -0.490 e. The Hall–Kier alpha value is -3.01. The zero-order valence-corrected chi connectivity index (χ0v) is 15.8. The van der Waals surface area contributed by atoms with Gasteiger partial charge in [0.1, 0.15) is 11.8 Å². The maximum Gasteiger partial charge on any atom is 0.238 e. The molecule has 2 aliphatic rings. The number of terminal acetylenes is 1. The van der Waals surface area contributed by atoms with Crippen LogP contribution in [0.15, 0.2) is 24.3 Å². The van der Waals surface area contributed by atoms with Crippen LogP contribution in [0.1, 0.15) is 44.1 Å². The van der Waals surface area contributed by atoms with Crippen molar-refractivity contribution < 1.29 is 9.53 Å². The van der Waals surface area contributed by atoms with E-state index in [1.54, 1.807) is 17.0 Å². The molecule has 3 rings (SSSR count). The molecule has 0 unspecified atom stereocenters. The highest BCUT2D eigenvalue weighted by atomic mass is 16.5. The summed E-state index contributed by atoms with van der Waals surface area (Å²) in [4.78, 5) is 14.1. The highest BCUT2D eigenvalue weighted by Crippen LogP contribution is 2.25. The van der Waals surface area contributed by atoms with E-state index >= 15 is 0 Å². The van der Waals surface area contributed by atoms with Gasteiger partial charge in [0.15, 0.2) is 0 Å². The van der Waals surface area contributed by atoms with Crippen molar-refractivity contribution in [2.24, 2.45) is 0 Å². The number of amides is 1. The molecule has 1 aromatic rings. The predicted molar refractivity (Wildman–Crippen MR) is 104 cm³/mol. The molecular formula is C22H24N4O2. The SMILES string of the molecule is C#C[C@@H]1CC[C@@H](C#N)N1C(=O)CNC1CCC(Oc2ccc(C#N)cc2)CC1. The van der Waals surface area contributed by atoms with E-state index in [9.17, 15) is 10.1 Å². The third kappa shape index (κ3) is 4.63. The van der Waals surface area contributed by atoms with Gasteiger partial charge in [-0.05, 0) is 62.8 Å². The maximum absolute atomic E-state index is 12.6. The number of likely N-dealkylation sites (tertiary alicyclic amines) is 1. The van der Waals surface area contributed by atoms with Crippen molar-refractivity contribution in [3.05, 3.63) is 29.8 Å². The molecular weight excluding hydrogens is 352 g/mol. The Bertz CT molecular complexity index is 785. The summed E-state index contributed by atoms with van der Waals surface area (Å²) in [5.41, 5.74) is 0.619. The van der Waals surface area contributed by atoms with Crippen molar-refractivity contribution in [1.29, 1.82) is 10.5 Å². The Balaban J connectivity index is 1.43. The zero-order valence-electron chi connectivity index (χ0n) is 15.8. The van der Waals surface area contributed by atoms with Crippen molar-refractivity contribution in [2.75, 3.05) is 6.54 Å². The van der Waals surface area contributed by atoms with Crippen LogP contribution in [0.3, 0.4) is 0 Å². The monoisotopic (exact) mass is 376 g/mol. The lowest BCUT2D eigenvalue weighted by molar-refractivity contribution is -0.131. The van der Waals surface area contributed by atoms with Gasteiger partial charge in [-0.15, -0.1) is 6.42 Å². The highest BCUT2D eigenvalue weighted by molar-refractivity contribution is 5.80. The number of hydrogen-bond donors (Lipinski definition) is 1. The van der Waals surface area contributed by atoms with Gasteiger partial charge < -0.3 is 15.0 Å². The van der Waals surface area contributed by atoms with E-state index in [1.165, 1.54) is 0 Å². The molecule has 6 nitrogen and oxygen atoms in total. The molecule has 1 saturated heterocycles. The van der Waals surface area contributed by atoms with E-state index in [4.69, 9.17) is 16.4 Å². The molecule has 0 aromatic heterocycles. The molecule has 0 spiro atoms. The number of hydrogen-bond acceptors (Lipinski definition) is 5. The van der Waals surface area contributed by atoms with E-state index in [2.05, 4.69) is 23.4 Å². The second-order valence-electron chi connectivity index (χ2n) is 7.31. The third-order valence-corrected chi connectivity index (χ3v) is 5.52. The molecule has 28 heavy (non-hydrogen) atoms. The Morgan fingerprint density at radius 2 is 1.79 bits per heavy atom. The number of carbonyl (C=O) groups excluding carboxylic acids is 1. The summed E-state index contributed by atoms with van der Waals surface area (Å²) in [7, 11) is 0. The molecule has 0 bridgehead atoms. The third-order valence-electron chi connectivity index (χ3n) is 5.52. The summed E-state index contributed by atoms with van der Waals surface area (Å²) in [5.74, 6) is 3.31.